The van der Waals surface area contributed by atoms with Crippen LogP contribution in [0.2, 0.25) is 0 Å². The number of nitrogens with zero attached hydrogens (tertiary/aromatic N) is 4. The second kappa shape index (κ2) is 7.93. The summed E-state index contributed by atoms with van der Waals surface area (Å²) in [5.41, 5.74) is 5.28. The molecule has 3 aromatic carbocycles. The van der Waals surface area contributed by atoms with Crippen molar-refractivity contribution in [2.24, 2.45) is 0 Å². The molecular formula is C27H24N4O. The molecule has 32 heavy (non-hydrogen) atoms. The van der Waals surface area contributed by atoms with Crippen molar-refractivity contribution in [3.63, 3.8) is 0 Å². The molecule has 0 aliphatic rings. The minimum absolute atomic E-state index is 0.134. The Morgan fingerprint density at radius 3 is 2.25 bits per heavy atom. The lowest BCUT2D eigenvalue weighted by Gasteiger charge is -2.15. The summed E-state index contributed by atoms with van der Waals surface area (Å²) in [4.78, 5) is 18.7. The van der Waals surface area contributed by atoms with Crippen LogP contribution in [0.25, 0.3) is 33.8 Å². The van der Waals surface area contributed by atoms with Gasteiger partial charge in [0.05, 0.1) is 17.6 Å². The summed E-state index contributed by atoms with van der Waals surface area (Å²) >= 11 is 0. The topological polar surface area (TPSA) is 52.7 Å². The SMILES string of the molecule is Cc1cccc(-n2c(-c3ccc(C(C)C)cc3)nc3c(cnn3-c3ccccc3)c2=O)c1. The molecule has 0 aliphatic carbocycles. The number of hydrogen-bond acceptors (Lipinski definition) is 3. The standard InChI is InChI=1S/C27H24N4O/c1-18(2)20-12-14-21(15-13-20)25-29-26-24(17-28-31(26)22-9-5-4-6-10-22)27(32)30(25)23-11-7-8-19(3)16-23/h4-18H,1-3H3. The number of para-hydroxylation sites is 1. The molecule has 0 aliphatic heterocycles. The van der Waals surface area contributed by atoms with E-state index in [-0.39, 0.29) is 5.56 Å². The predicted octanol–water partition coefficient (Wildman–Crippen LogP) is 5.67. The molecule has 0 fully saturated rings. The van der Waals surface area contributed by atoms with Crippen LogP contribution in [0.3, 0.4) is 0 Å². The molecule has 5 aromatic rings. The predicted molar refractivity (Wildman–Crippen MR) is 129 cm³/mol. The largest absolute Gasteiger partial charge is 0.269 e. The number of benzene rings is 3. The lowest BCUT2D eigenvalue weighted by molar-refractivity contribution is 0.866. The zero-order chi connectivity index (χ0) is 22.2. The number of hydrogen-bond donors (Lipinski definition) is 0. The third kappa shape index (κ3) is 3.42. The van der Waals surface area contributed by atoms with Gasteiger partial charge in [0.2, 0.25) is 0 Å². The molecule has 5 heteroatoms. The average Bonchev–Trinajstić information content (AvgIpc) is 3.24. The van der Waals surface area contributed by atoms with Gasteiger partial charge in [-0.15, -0.1) is 0 Å². The van der Waals surface area contributed by atoms with Crippen LogP contribution < -0.4 is 5.56 Å². The van der Waals surface area contributed by atoms with E-state index in [1.165, 1.54) is 5.56 Å². The van der Waals surface area contributed by atoms with Crippen LogP contribution in [0.4, 0.5) is 0 Å². The summed E-state index contributed by atoms with van der Waals surface area (Å²) in [7, 11) is 0. The van der Waals surface area contributed by atoms with Gasteiger partial charge in [-0.25, -0.2) is 9.67 Å². The second-order valence-corrected chi connectivity index (χ2v) is 8.32. The third-order valence-electron chi connectivity index (χ3n) is 5.70. The first-order valence-corrected chi connectivity index (χ1v) is 10.8. The van der Waals surface area contributed by atoms with E-state index in [1.54, 1.807) is 15.4 Å². The molecule has 0 atom stereocenters. The Kier molecular flexibility index (Phi) is 4.94. The zero-order valence-electron chi connectivity index (χ0n) is 18.4. The molecule has 5 rings (SSSR count). The molecule has 0 bridgehead atoms. The summed E-state index contributed by atoms with van der Waals surface area (Å²) in [6, 6.07) is 26.0. The fourth-order valence-electron chi connectivity index (χ4n) is 3.94. The Bertz CT molecular complexity index is 1460. The Morgan fingerprint density at radius 2 is 1.56 bits per heavy atom. The van der Waals surface area contributed by atoms with E-state index in [9.17, 15) is 4.79 Å². The molecule has 158 valence electrons. The van der Waals surface area contributed by atoms with Gasteiger partial charge in [-0.05, 0) is 48.2 Å². The molecular weight excluding hydrogens is 396 g/mol. The van der Waals surface area contributed by atoms with E-state index in [4.69, 9.17) is 4.98 Å². The van der Waals surface area contributed by atoms with Gasteiger partial charge in [0.1, 0.15) is 11.2 Å². The van der Waals surface area contributed by atoms with Gasteiger partial charge in [-0.1, -0.05) is 68.4 Å². The summed E-state index contributed by atoms with van der Waals surface area (Å²) in [5, 5.41) is 4.98. The Hall–Kier alpha value is -3.99. The Balaban J connectivity index is 1.82. The maximum atomic E-state index is 13.7. The highest BCUT2D eigenvalue weighted by molar-refractivity contribution is 5.79. The first kappa shape index (κ1) is 19.9. The maximum Gasteiger partial charge on any atom is 0.269 e. The van der Waals surface area contributed by atoms with Gasteiger partial charge in [0, 0.05) is 5.56 Å². The minimum Gasteiger partial charge on any atom is -0.268 e. The molecule has 0 unspecified atom stereocenters. The van der Waals surface area contributed by atoms with Crippen molar-refractivity contribution in [3.8, 4) is 22.8 Å². The summed E-state index contributed by atoms with van der Waals surface area (Å²) in [6.45, 7) is 6.35. The van der Waals surface area contributed by atoms with Crippen LogP contribution in [0, 0.1) is 6.92 Å². The average molecular weight is 421 g/mol. The molecule has 5 nitrogen and oxygen atoms in total. The van der Waals surface area contributed by atoms with E-state index >= 15 is 0 Å². The van der Waals surface area contributed by atoms with Crippen molar-refractivity contribution >= 4 is 11.0 Å². The van der Waals surface area contributed by atoms with Crippen molar-refractivity contribution in [2.75, 3.05) is 0 Å². The van der Waals surface area contributed by atoms with E-state index in [1.807, 2.05) is 73.7 Å². The zero-order valence-corrected chi connectivity index (χ0v) is 18.4. The highest BCUT2D eigenvalue weighted by Gasteiger charge is 2.18. The minimum atomic E-state index is -0.134. The Morgan fingerprint density at radius 1 is 0.844 bits per heavy atom. The monoisotopic (exact) mass is 420 g/mol. The second-order valence-electron chi connectivity index (χ2n) is 8.32. The summed E-state index contributed by atoms with van der Waals surface area (Å²) < 4.78 is 3.42. The lowest BCUT2D eigenvalue weighted by atomic mass is 10.0. The summed E-state index contributed by atoms with van der Waals surface area (Å²) in [6.07, 6.45) is 1.61. The fraction of sp³-hybridized carbons (Fsp3) is 0.148. The first-order chi connectivity index (χ1) is 15.5. The number of aryl methyl sites for hydroxylation is 1. The van der Waals surface area contributed by atoms with Gasteiger partial charge in [-0.3, -0.25) is 9.36 Å². The van der Waals surface area contributed by atoms with Gasteiger partial charge in [0.25, 0.3) is 5.56 Å². The molecule has 0 saturated heterocycles. The van der Waals surface area contributed by atoms with E-state index in [0.29, 0.717) is 22.8 Å². The normalized spacial score (nSPS) is 11.4. The molecule has 0 N–H and O–H groups in total. The first-order valence-electron chi connectivity index (χ1n) is 10.8. The third-order valence-corrected chi connectivity index (χ3v) is 5.70. The molecule has 2 aromatic heterocycles. The number of aromatic nitrogens is 4. The van der Waals surface area contributed by atoms with Gasteiger partial charge < -0.3 is 0 Å². The van der Waals surface area contributed by atoms with Gasteiger partial charge >= 0.3 is 0 Å². The van der Waals surface area contributed by atoms with Crippen molar-refractivity contribution < 1.29 is 0 Å². The smallest absolute Gasteiger partial charge is 0.268 e. The van der Waals surface area contributed by atoms with E-state index < -0.39 is 0 Å². The van der Waals surface area contributed by atoms with Crippen LogP contribution in [0.1, 0.15) is 30.9 Å². The van der Waals surface area contributed by atoms with Crippen LogP contribution in [0.15, 0.2) is 89.9 Å². The molecule has 0 spiro atoms. The van der Waals surface area contributed by atoms with Crippen LogP contribution >= 0.6 is 0 Å². The molecule has 0 saturated carbocycles. The van der Waals surface area contributed by atoms with Crippen molar-refractivity contribution in [3.05, 3.63) is 107 Å². The van der Waals surface area contributed by atoms with E-state index in [0.717, 1.165) is 22.5 Å². The molecule has 2 heterocycles. The highest BCUT2D eigenvalue weighted by Crippen LogP contribution is 2.25. The van der Waals surface area contributed by atoms with Crippen molar-refractivity contribution in [1.82, 2.24) is 19.3 Å². The van der Waals surface area contributed by atoms with E-state index in [2.05, 4.69) is 31.1 Å². The fourth-order valence-corrected chi connectivity index (χ4v) is 3.94. The van der Waals surface area contributed by atoms with Crippen molar-refractivity contribution in [1.29, 1.82) is 0 Å². The summed E-state index contributed by atoms with van der Waals surface area (Å²) in [5.74, 6) is 1.03. The lowest BCUT2D eigenvalue weighted by Crippen LogP contribution is -2.22. The molecule has 0 amide bonds. The molecule has 0 radical (unpaired) electrons. The number of fused-ring (bicyclic) bond motifs is 1. The van der Waals surface area contributed by atoms with Crippen LogP contribution in [-0.4, -0.2) is 19.3 Å². The van der Waals surface area contributed by atoms with Crippen LogP contribution in [0.5, 0.6) is 0 Å². The van der Waals surface area contributed by atoms with Crippen molar-refractivity contribution in [2.45, 2.75) is 26.7 Å². The maximum absolute atomic E-state index is 13.7. The van der Waals surface area contributed by atoms with Gasteiger partial charge in [0.15, 0.2) is 5.65 Å². The van der Waals surface area contributed by atoms with Crippen LogP contribution in [-0.2, 0) is 0 Å². The number of rotatable bonds is 4. The highest BCUT2D eigenvalue weighted by atomic mass is 16.1. The Labute approximate surface area is 186 Å². The van der Waals surface area contributed by atoms with Gasteiger partial charge in [-0.2, -0.15) is 5.10 Å². The quantitative estimate of drug-likeness (QED) is 0.376.